The van der Waals surface area contributed by atoms with E-state index in [1.807, 2.05) is 0 Å². The van der Waals surface area contributed by atoms with Crippen molar-refractivity contribution in [2.45, 2.75) is 43.4 Å². The zero-order valence-electron chi connectivity index (χ0n) is 18.3. The number of hydrogen-bond donors (Lipinski definition) is 9. The Labute approximate surface area is 204 Å². The molecule has 0 aromatic heterocycles. The third kappa shape index (κ3) is 10.3. The number of rotatable bonds is 14. The summed E-state index contributed by atoms with van der Waals surface area (Å²) in [5.41, 5.74) is 11.0. The minimum absolute atomic E-state index is 0.0539. The molecule has 10 N–H and O–H groups in total. The minimum atomic E-state index is -1.66. The Kier molecular flexibility index (Phi) is 11.5. The van der Waals surface area contributed by atoms with Crippen molar-refractivity contribution < 1.29 is 44.1 Å². The van der Waals surface area contributed by atoms with Crippen LogP contribution in [0.1, 0.15) is 18.4 Å². The summed E-state index contributed by atoms with van der Waals surface area (Å²) in [5.74, 6) is -6.93. The molecule has 4 amide bonds. The smallest absolute Gasteiger partial charge is 0.326 e. The molecule has 1 rings (SSSR count). The molecule has 4 atom stereocenters. The molecule has 0 fully saturated rings. The Morgan fingerprint density at radius 3 is 1.83 bits per heavy atom. The number of nitrogens with one attached hydrogen (secondary N) is 3. The number of carboxylic acid groups (broad SMARTS) is 2. The van der Waals surface area contributed by atoms with Gasteiger partial charge in [-0.25, -0.2) is 4.79 Å². The Balaban J connectivity index is 3.06. The van der Waals surface area contributed by atoms with E-state index in [2.05, 4.69) is 28.6 Å². The van der Waals surface area contributed by atoms with Crippen LogP contribution in [0.5, 0.6) is 5.75 Å². The van der Waals surface area contributed by atoms with E-state index in [9.17, 15) is 39.0 Å². The summed E-state index contributed by atoms with van der Waals surface area (Å²) in [6.45, 7) is 0. The van der Waals surface area contributed by atoms with Gasteiger partial charge in [0.1, 0.15) is 23.9 Å². The molecule has 1 aromatic carbocycles. The predicted molar refractivity (Wildman–Crippen MR) is 123 cm³/mol. The maximum atomic E-state index is 12.8. The van der Waals surface area contributed by atoms with Gasteiger partial charge in [-0.2, -0.15) is 12.6 Å². The highest BCUT2D eigenvalue weighted by molar-refractivity contribution is 7.80. The summed E-state index contributed by atoms with van der Waals surface area (Å²) in [4.78, 5) is 70.9. The first kappa shape index (κ1) is 29.2. The molecule has 35 heavy (non-hydrogen) atoms. The zero-order valence-corrected chi connectivity index (χ0v) is 19.2. The Morgan fingerprint density at radius 2 is 1.34 bits per heavy atom. The second kappa shape index (κ2) is 13.8. The summed E-state index contributed by atoms with van der Waals surface area (Å²) in [7, 11) is 0. The summed E-state index contributed by atoms with van der Waals surface area (Å²) >= 11 is 3.98. The van der Waals surface area contributed by atoms with Crippen molar-refractivity contribution in [1.82, 2.24) is 16.0 Å². The number of amides is 4. The van der Waals surface area contributed by atoms with E-state index in [4.69, 9.17) is 16.6 Å². The lowest BCUT2D eigenvalue weighted by Crippen LogP contribution is -2.58. The molecule has 0 saturated carbocycles. The average molecular weight is 514 g/mol. The van der Waals surface area contributed by atoms with Gasteiger partial charge in [-0.1, -0.05) is 12.1 Å². The van der Waals surface area contributed by atoms with Crippen molar-refractivity contribution in [1.29, 1.82) is 0 Å². The molecular formula is C20H27N5O9S. The van der Waals surface area contributed by atoms with Gasteiger partial charge in [-0.3, -0.25) is 24.0 Å². The second-order valence-corrected chi connectivity index (χ2v) is 7.81. The first-order chi connectivity index (χ1) is 16.3. The SMILES string of the molecule is NC(=O)CC(NC(=O)C(Cc1ccc(O)cc1)NC(=O)C(CS)NC(=O)C(N)CC(=O)O)C(=O)O. The number of phenolic OH excluding ortho intramolecular Hbond substituents is 1. The van der Waals surface area contributed by atoms with Crippen LogP contribution in [0.25, 0.3) is 0 Å². The number of thiol groups is 1. The van der Waals surface area contributed by atoms with Crippen LogP contribution in [0.15, 0.2) is 24.3 Å². The standard InChI is InChI=1S/C20H27N5O9S/c21-11(6-16(28)29)17(30)25-14(8-35)19(32)23-12(5-9-1-3-10(26)4-2-9)18(31)24-13(20(33)34)7-15(22)27/h1-4,11-14,26,35H,5-8,21H2,(H2,22,27)(H,23,32)(H,24,31)(H,25,30)(H,28,29)(H,33,34). The van der Waals surface area contributed by atoms with Crippen LogP contribution < -0.4 is 27.4 Å². The fourth-order valence-corrected chi connectivity index (χ4v) is 3.03. The Morgan fingerprint density at radius 1 is 0.829 bits per heavy atom. The normalized spacial score (nSPS) is 14.0. The molecule has 15 heteroatoms. The summed E-state index contributed by atoms with van der Waals surface area (Å²) in [6, 6.07) is -0.210. The van der Waals surface area contributed by atoms with Gasteiger partial charge in [0.2, 0.25) is 23.6 Å². The van der Waals surface area contributed by atoms with Gasteiger partial charge in [0.25, 0.3) is 0 Å². The second-order valence-electron chi connectivity index (χ2n) is 7.45. The number of hydrogen-bond acceptors (Lipinski definition) is 9. The lowest BCUT2D eigenvalue weighted by Gasteiger charge is -2.24. The van der Waals surface area contributed by atoms with Crippen molar-refractivity contribution in [3.05, 3.63) is 29.8 Å². The van der Waals surface area contributed by atoms with Crippen LogP contribution in [0.2, 0.25) is 0 Å². The van der Waals surface area contributed by atoms with E-state index >= 15 is 0 Å². The summed E-state index contributed by atoms with van der Waals surface area (Å²) in [5, 5.41) is 34.2. The Bertz CT molecular complexity index is 957. The van der Waals surface area contributed by atoms with Gasteiger partial charge in [0.05, 0.1) is 18.9 Å². The number of aliphatic carboxylic acids is 2. The molecule has 4 unspecified atom stereocenters. The van der Waals surface area contributed by atoms with E-state index < -0.39 is 72.6 Å². The number of carboxylic acids is 2. The van der Waals surface area contributed by atoms with Gasteiger partial charge in [-0.15, -0.1) is 0 Å². The molecule has 0 saturated heterocycles. The van der Waals surface area contributed by atoms with Gasteiger partial charge in [0, 0.05) is 12.2 Å². The lowest BCUT2D eigenvalue weighted by molar-refractivity contribution is -0.143. The van der Waals surface area contributed by atoms with E-state index in [0.29, 0.717) is 5.56 Å². The molecule has 0 aliphatic carbocycles. The van der Waals surface area contributed by atoms with Crippen molar-refractivity contribution in [2.24, 2.45) is 11.5 Å². The summed E-state index contributed by atoms with van der Waals surface area (Å²) < 4.78 is 0. The number of carbonyl (C=O) groups excluding carboxylic acids is 4. The first-order valence-corrected chi connectivity index (χ1v) is 10.8. The van der Waals surface area contributed by atoms with Crippen LogP contribution in [-0.4, -0.2) is 80.8 Å². The number of aromatic hydroxyl groups is 1. The molecule has 192 valence electrons. The quantitative estimate of drug-likeness (QED) is 0.115. The monoisotopic (exact) mass is 513 g/mol. The third-order valence-corrected chi connectivity index (χ3v) is 4.94. The molecule has 0 aliphatic heterocycles. The molecular weight excluding hydrogens is 486 g/mol. The van der Waals surface area contributed by atoms with E-state index in [-0.39, 0.29) is 17.9 Å². The summed E-state index contributed by atoms with van der Waals surface area (Å²) in [6.07, 6.45) is -1.54. The maximum absolute atomic E-state index is 12.8. The number of primary amides is 1. The first-order valence-electron chi connectivity index (χ1n) is 10.1. The van der Waals surface area contributed by atoms with E-state index in [0.717, 1.165) is 0 Å². The fourth-order valence-electron chi connectivity index (χ4n) is 2.78. The predicted octanol–water partition coefficient (Wildman–Crippen LogP) is -2.92. The topological polar surface area (TPSA) is 251 Å². The van der Waals surface area contributed by atoms with E-state index in [1.165, 1.54) is 24.3 Å². The van der Waals surface area contributed by atoms with Gasteiger partial charge in [-0.05, 0) is 17.7 Å². The fraction of sp³-hybridized carbons (Fsp3) is 0.400. The molecule has 0 aliphatic rings. The molecule has 0 spiro atoms. The van der Waals surface area contributed by atoms with Crippen molar-refractivity contribution >= 4 is 48.2 Å². The lowest BCUT2D eigenvalue weighted by atomic mass is 10.0. The molecule has 0 bridgehead atoms. The van der Waals surface area contributed by atoms with Crippen LogP contribution in [0, 0.1) is 0 Å². The number of carbonyl (C=O) groups is 6. The number of nitrogens with two attached hydrogens (primary N) is 2. The number of benzene rings is 1. The largest absolute Gasteiger partial charge is 0.508 e. The molecule has 1 aromatic rings. The highest BCUT2D eigenvalue weighted by atomic mass is 32.1. The number of phenols is 1. The van der Waals surface area contributed by atoms with Crippen LogP contribution in [-0.2, 0) is 35.2 Å². The molecule has 14 nitrogen and oxygen atoms in total. The van der Waals surface area contributed by atoms with Crippen molar-refractivity contribution in [3.63, 3.8) is 0 Å². The highest BCUT2D eigenvalue weighted by Crippen LogP contribution is 2.12. The third-order valence-electron chi connectivity index (χ3n) is 4.58. The van der Waals surface area contributed by atoms with E-state index in [1.54, 1.807) is 0 Å². The highest BCUT2D eigenvalue weighted by Gasteiger charge is 2.31. The van der Waals surface area contributed by atoms with Crippen molar-refractivity contribution in [3.8, 4) is 5.75 Å². The van der Waals surface area contributed by atoms with Gasteiger partial charge in [0.15, 0.2) is 0 Å². The van der Waals surface area contributed by atoms with Crippen LogP contribution in [0.3, 0.4) is 0 Å². The maximum Gasteiger partial charge on any atom is 0.326 e. The van der Waals surface area contributed by atoms with Crippen molar-refractivity contribution in [2.75, 3.05) is 5.75 Å². The molecule has 0 radical (unpaired) electrons. The minimum Gasteiger partial charge on any atom is -0.508 e. The van der Waals surface area contributed by atoms with Crippen LogP contribution >= 0.6 is 12.6 Å². The molecule has 0 heterocycles. The van der Waals surface area contributed by atoms with Crippen LogP contribution in [0.4, 0.5) is 0 Å². The zero-order chi connectivity index (χ0) is 26.7. The Hall–Kier alpha value is -3.85. The average Bonchev–Trinajstić information content (AvgIpc) is 2.76. The van der Waals surface area contributed by atoms with Gasteiger partial charge >= 0.3 is 11.9 Å². The van der Waals surface area contributed by atoms with Gasteiger partial charge < -0.3 is 42.7 Å².